The highest BCUT2D eigenvalue weighted by atomic mass is 16.7. The van der Waals surface area contributed by atoms with Crippen molar-refractivity contribution in [3.8, 4) is 0 Å². The van der Waals surface area contributed by atoms with Crippen molar-refractivity contribution < 1.29 is 54.7 Å². The summed E-state index contributed by atoms with van der Waals surface area (Å²) in [4.78, 5) is 0. The fourth-order valence-corrected chi connectivity index (χ4v) is 4.40. The lowest BCUT2D eigenvalue weighted by molar-refractivity contribution is -0.328. The van der Waals surface area contributed by atoms with Crippen molar-refractivity contribution in [3.05, 3.63) is 0 Å². The molecule has 0 unspecified atom stereocenters. The average Bonchev–Trinajstić information content (AvgIpc) is 2.79. The molecule has 15 N–H and O–H groups in total. The normalized spacial score (nSPS) is 53.7. The number of ether oxygens (including phenoxy) is 4. The van der Waals surface area contributed by atoms with E-state index in [1.165, 1.54) is 0 Å². The van der Waals surface area contributed by atoms with Gasteiger partial charge in [0.25, 0.3) is 0 Å². The molecule has 0 spiro atoms. The average molecular weight is 485 g/mol. The molecular weight excluding hydrogens is 448 g/mol. The van der Waals surface area contributed by atoms with Crippen molar-refractivity contribution in [1.82, 2.24) is 0 Å². The van der Waals surface area contributed by atoms with E-state index < -0.39 is 98.4 Å². The van der Waals surface area contributed by atoms with Gasteiger partial charge in [-0.2, -0.15) is 0 Å². The van der Waals surface area contributed by atoms with E-state index in [-0.39, 0.29) is 13.0 Å². The van der Waals surface area contributed by atoms with Gasteiger partial charge < -0.3 is 77.6 Å². The molecule has 3 aliphatic rings. The Morgan fingerprint density at radius 2 is 1.18 bits per heavy atom. The van der Waals surface area contributed by atoms with Crippen LogP contribution in [-0.4, -0.2) is 141 Å². The molecule has 2 saturated heterocycles. The van der Waals surface area contributed by atoms with Crippen molar-refractivity contribution >= 4 is 0 Å². The van der Waals surface area contributed by atoms with E-state index in [0.29, 0.717) is 0 Å². The molecular formula is C18H36N4O11. The third-order valence-electron chi connectivity index (χ3n) is 6.47. The Hall–Kier alpha value is -0.600. The molecule has 3 rings (SSSR count). The van der Waals surface area contributed by atoms with Crippen molar-refractivity contribution in [2.24, 2.45) is 22.9 Å². The van der Waals surface area contributed by atoms with Gasteiger partial charge in [-0.05, 0) is 6.42 Å². The molecule has 2 heterocycles. The van der Waals surface area contributed by atoms with E-state index in [4.69, 9.17) is 41.9 Å². The van der Waals surface area contributed by atoms with Gasteiger partial charge in [0.1, 0.15) is 61.0 Å². The molecule has 0 bridgehead atoms. The molecule has 0 aromatic heterocycles. The highest BCUT2D eigenvalue weighted by Crippen LogP contribution is 2.31. The Morgan fingerprint density at radius 1 is 0.667 bits per heavy atom. The van der Waals surface area contributed by atoms with Gasteiger partial charge in [-0.1, -0.05) is 0 Å². The minimum atomic E-state index is -1.66. The largest absolute Gasteiger partial charge is 0.394 e. The van der Waals surface area contributed by atoms with Crippen LogP contribution >= 0.6 is 0 Å². The Labute approximate surface area is 189 Å². The molecule has 194 valence electrons. The topological polar surface area (TPSA) is 283 Å². The van der Waals surface area contributed by atoms with Crippen LogP contribution in [0.5, 0.6) is 0 Å². The van der Waals surface area contributed by atoms with Crippen LogP contribution in [0.15, 0.2) is 0 Å². The highest BCUT2D eigenvalue weighted by Gasteiger charge is 2.51. The summed E-state index contributed by atoms with van der Waals surface area (Å²) in [6, 6.07) is -2.87. The van der Waals surface area contributed by atoms with Crippen molar-refractivity contribution in [3.63, 3.8) is 0 Å². The highest BCUT2D eigenvalue weighted by molar-refractivity contribution is 5.01. The molecule has 1 saturated carbocycles. The maximum Gasteiger partial charge on any atom is 0.187 e. The summed E-state index contributed by atoms with van der Waals surface area (Å²) in [6.07, 6.45) is -16.4. The fourth-order valence-electron chi connectivity index (χ4n) is 4.40. The molecule has 3 fully saturated rings. The smallest absolute Gasteiger partial charge is 0.187 e. The van der Waals surface area contributed by atoms with E-state index in [1.807, 2.05) is 0 Å². The summed E-state index contributed by atoms with van der Waals surface area (Å²) in [5.41, 5.74) is 23.6. The Balaban J connectivity index is 1.72. The van der Waals surface area contributed by atoms with Gasteiger partial charge in [0.15, 0.2) is 12.6 Å². The summed E-state index contributed by atoms with van der Waals surface area (Å²) in [7, 11) is 0. The molecule has 15 nitrogen and oxygen atoms in total. The van der Waals surface area contributed by atoms with Crippen LogP contribution in [0, 0.1) is 0 Å². The predicted octanol–water partition coefficient (Wildman–Crippen LogP) is -7.29. The van der Waals surface area contributed by atoms with Gasteiger partial charge in [-0.25, -0.2) is 0 Å². The zero-order chi connectivity index (χ0) is 24.6. The van der Waals surface area contributed by atoms with Gasteiger partial charge >= 0.3 is 0 Å². The number of hydrogen-bond donors (Lipinski definition) is 11. The van der Waals surface area contributed by atoms with Crippen LogP contribution in [0.25, 0.3) is 0 Å². The summed E-state index contributed by atoms with van der Waals surface area (Å²) in [6.45, 7) is -0.786. The summed E-state index contributed by atoms with van der Waals surface area (Å²) >= 11 is 0. The maximum absolute atomic E-state index is 10.9. The zero-order valence-corrected chi connectivity index (χ0v) is 17.9. The minimum absolute atomic E-state index is 0.0945. The van der Waals surface area contributed by atoms with Gasteiger partial charge in [0.05, 0.1) is 12.6 Å². The molecule has 0 radical (unpaired) electrons. The first-order valence-corrected chi connectivity index (χ1v) is 10.8. The molecule has 0 amide bonds. The van der Waals surface area contributed by atoms with Crippen LogP contribution in [0.2, 0.25) is 0 Å². The Morgan fingerprint density at radius 3 is 1.73 bits per heavy atom. The monoisotopic (exact) mass is 484 g/mol. The van der Waals surface area contributed by atoms with Crippen LogP contribution in [-0.2, 0) is 18.9 Å². The zero-order valence-electron chi connectivity index (χ0n) is 17.9. The predicted molar refractivity (Wildman–Crippen MR) is 108 cm³/mol. The Bertz CT molecular complexity index is 584. The fraction of sp³-hybridized carbons (Fsp3) is 1.00. The van der Waals surface area contributed by atoms with E-state index >= 15 is 0 Å². The van der Waals surface area contributed by atoms with Gasteiger partial charge in [-0.3, -0.25) is 0 Å². The lowest BCUT2D eigenvalue weighted by atomic mass is 9.84. The molecule has 2 aliphatic heterocycles. The van der Waals surface area contributed by atoms with Crippen molar-refractivity contribution in [2.45, 2.75) is 98.2 Å². The van der Waals surface area contributed by atoms with Gasteiger partial charge in [0, 0.05) is 18.6 Å². The second-order valence-corrected chi connectivity index (χ2v) is 8.79. The van der Waals surface area contributed by atoms with E-state index in [9.17, 15) is 35.7 Å². The van der Waals surface area contributed by atoms with Gasteiger partial charge in [-0.15, -0.1) is 0 Å². The summed E-state index contributed by atoms with van der Waals surface area (Å²) in [5, 5.41) is 70.6. The minimum Gasteiger partial charge on any atom is -0.394 e. The first-order chi connectivity index (χ1) is 15.5. The third kappa shape index (κ3) is 5.32. The second kappa shape index (κ2) is 11.0. The molecule has 15 atom stereocenters. The molecule has 0 aromatic rings. The number of aliphatic hydroxyl groups is 7. The molecule has 0 aromatic carbocycles. The summed E-state index contributed by atoms with van der Waals surface area (Å²) < 4.78 is 22.3. The van der Waals surface area contributed by atoms with E-state index in [2.05, 4.69) is 0 Å². The van der Waals surface area contributed by atoms with E-state index in [1.54, 1.807) is 0 Å². The number of nitrogens with two attached hydrogens (primary N) is 4. The summed E-state index contributed by atoms with van der Waals surface area (Å²) in [5.74, 6) is 0. The Kier molecular flexibility index (Phi) is 8.99. The molecule has 15 heteroatoms. The quantitative estimate of drug-likeness (QED) is 0.167. The third-order valence-corrected chi connectivity index (χ3v) is 6.47. The second-order valence-electron chi connectivity index (χ2n) is 8.79. The maximum atomic E-state index is 10.9. The van der Waals surface area contributed by atoms with Crippen molar-refractivity contribution in [1.29, 1.82) is 0 Å². The molecule has 1 aliphatic carbocycles. The lowest BCUT2D eigenvalue weighted by Gasteiger charge is -2.48. The SMILES string of the molecule is NC[C@@H]1O[C@@H](O[C@H]2[C@H](O)[C@@H](O[C@H]3O[C@H](CO)[C@@H](O)[C@H](O)[C@H]3N)[C@H](N)C[C@@H]2N)[C@@H](O)[C@H](O)[C@H]1O. The number of aliphatic hydroxyl groups excluding tert-OH is 7. The first-order valence-electron chi connectivity index (χ1n) is 10.8. The van der Waals surface area contributed by atoms with E-state index in [0.717, 1.165) is 0 Å². The lowest BCUT2D eigenvalue weighted by Crippen LogP contribution is -2.68. The number of rotatable bonds is 6. The first kappa shape index (κ1) is 27.0. The molecule has 33 heavy (non-hydrogen) atoms. The number of hydrogen-bond acceptors (Lipinski definition) is 15. The van der Waals surface area contributed by atoms with Crippen LogP contribution < -0.4 is 22.9 Å². The van der Waals surface area contributed by atoms with Crippen LogP contribution in [0.1, 0.15) is 6.42 Å². The van der Waals surface area contributed by atoms with Crippen LogP contribution in [0.4, 0.5) is 0 Å². The standard InChI is InChI=1S/C18H36N4O11/c19-2-6-9(24)12(27)13(28)18(30-6)33-16-5(21)1-4(20)15(14(16)29)32-17-8(22)11(26)10(25)7(3-23)31-17/h4-18,23-29H,1-3,19-22H2/t4-,5+,6+,7-,8-,9+,10-,11-,12-,13+,14-,15+,16-,17-,18+/m1/s1. The van der Waals surface area contributed by atoms with Gasteiger partial charge in [0.2, 0.25) is 0 Å². The van der Waals surface area contributed by atoms with Crippen LogP contribution in [0.3, 0.4) is 0 Å². The van der Waals surface area contributed by atoms with Crippen molar-refractivity contribution in [2.75, 3.05) is 13.2 Å².